The quantitative estimate of drug-likeness (QED) is 0.814. The summed E-state index contributed by atoms with van der Waals surface area (Å²) in [4.78, 5) is 12.0. The predicted octanol–water partition coefficient (Wildman–Crippen LogP) is 2.64. The number of ether oxygens (including phenoxy) is 1. The van der Waals surface area contributed by atoms with Gasteiger partial charge in [0.15, 0.2) is 0 Å². The molecule has 1 aromatic carbocycles. The first-order valence-corrected chi connectivity index (χ1v) is 9.19. The van der Waals surface area contributed by atoms with E-state index in [4.69, 9.17) is 16.3 Å². The first-order valence-electron chi connectivity index (χ1n) is 6.51. The summed E-state index contributed by atoms with van der Waals surface area (Å²) in [6.07, 6.45) is 0. The summed E-state index contributed by atoms with van der Waals surface area (Å²) in [6.45, 7) is 1.48. The second kappa shape index (κ2) is 7.31. The zero-order valence-corrected chi connectivity index (χ0v) is 14.8. The van der Waals surface area contributed by atoms with Gasteiger partial charge in [-0.25, -0.2) is 13.1 Å². The zero-order valence-electron chi connectivity index (χ0n) is 12.4. The average Bonchev–Trinajstić information content (AvgIpc) is 2.93. The number of anilines is 1. The van der Waals surface area contributed by atoms with Crippen molar-refractivity contribution < 1.29 is 17.9 Å². The van der Waals surface area contributed by atoms with E-state index in [1.807, 2.05) is 13.0 Å². The Bertz CT molecular complexity index is 818. The first-order chi connectivity index (χ1) is 10.8. The number of thiophene rings is 1. The van der Waals surface area contributed by atoms with E-state index in [1.165, 1.54) is 19.2 Å². The van der Waals surface area contributed by atoms with Crippen LogP contribution in [-0.2, 0) is 14.8 Å². The molecule has 0 bridgehead atoms. The van der Waals surface area contributed by atoms with Crippen LogP contribution in [0.3, 0.4) is 0 Å². The third kappa shape index (κ3) is 4.68. The number of nitrogens with one attached hydrogen (secondary N) is 2. The van der Waals surface area contributed by atoms with Gasteiger partial charge in [-0.1, -0.05) is 17.7 Å². The number of carbonyl (C=O) groups excluding carboxylic acids is 1. The summed E-state index contributed by atoms with van der Waals surface area (Å²) < 4.78 is 31.8. The molecule has 2 aromatic rings. The summed E-state index contributed by atoms with van der Waals surface area (Å²) in [7, 11) is -2.27. The number of amides is 1. The zero-order chi connectivity index (χ0) is 17.0. The van der Waals surface area contributed by atoms with Gasteiger partial charge in [-0.2, -0.15) is 0 Å². The van der Waals surface area contributed by atoms with Gasteiger partial charge in [-0.05, 0) is 36.8 Å². The highest BCUT2D eigenvalue weighted by Crippen LogP contribution is 2.26. The first kappa shape index (κ1) is 17.7. The molecule has 124 valence electrons. The summed E-state index contributed by atoms with van der Waals surface area (Å²) in [5.74, 6) is -0.00280. The summed E-state index contributed by atoms with van der Waals surface area (Å²) in [5, 5.41) is 2.62. The molecule has 1 heterocycles. The molecule has 0 aliphatic heterocycles. The lowest BCUT2D eigenvalue weighted by molar-refractivity contribution is -0.115. The van der Waals surface area contributed by atoms with E-state index < -0.39 is 22.5 Å². The highest BCUT2D eigenvalue weighted by molar-refractivity contribution is 7.91. The molecule has 1 aromatic heterocycles. The van der Waals surface area contributed by atoms with Crippen molar-refractivity contribution >= 4 is 44.6 Å². The Balaban J connectivity index is 2.02. The Kier molecular flexibility index (Phi) is 5.64. The van der Waals surface area contributed by atoms with E-state index >= 15 is 0 Å². The summed E-state index contributed by atoms with van der Waals surface area (Å²) >= 11 is 6.64. The second-order valence-corrected chi connectivity index (χ2v) is 8.34. The molecule has 2 rings (SSSR count). The molecule has 0 aliphatic carbocycles. The Morgan fingerprint density at radius 1 is 1.30 bits per heavy atom. The molecule has 0 aliphatic rings. The topological polar surface area (TPSA) is 84.5 Å². The van der Waals surface area contributed by atoms with Crippen molar-refractivity contribution in [1.29, 1.82) is 0 Å². The van der Waals surface area contributed by atoms with Crippen LogP contribution in [-0.4, -0.2) is 28.0 Å². The van der Waals surface area contributed by atoms with Gasteiger partial charge >= 0.3 is 0 Å². The number of sulfonamides is 1. The van der Waals surface area contributed by atoms with Gasteiger partial charge < -0.3 is 10.1 Å². The molecule has 0 saturated heterocycles. The monoisotopic (exact) mass is 374 g/mol. The molecule has 1 amide bonds. The molecule has 6 nitrogen and oxygen atoms in total. The summed E-state index contributed by atoms with van der Waals surface area (Å²) in [6, 6.07) is 8.18. The maximum absolute atomic E-state index is 12.0. The van der Waals surface area contributed by atoms with Crippen molar-refractivity contribution in [3.8, 4) is 5.75 Å². The summed E-state index contributed by atoms with van der Waals surface area (Å²) in [5.41, 5.74) is 1.42. The highest BCUT2D eigenvalue weighted by Gasteiger charge is 2.18. The van der Waals surface area contributed by atoms with E-state index in [0.29, 0.717) is 15.8 Å². The van der Waals surface area contributed by atoms with E-state index in [1.54, 1.807) is 12.1 Å². The van der Waals surface area contributed by atoms with Crippen molar-refractivity contribution in [2.45, 2.75) is 11.1 Å². The van der Waals surface area contributed by atoms with Crippen LogP contribution < -0.4 is 14.8 Å². The molecule has 0 spiro atoms. The number of halogens is 1. The third-order valence-corrected chi connectivity index (χ3v) is 5.99. The molecule has 0 unspecified atom stereocenters. The molecule has 2 N–H and O–H groups in total. The highest BCUT2D eigenvalue weighted by atomic mass is 35.5. The maximum Gasteiger partial charge on any atom is 0.250 e. The van der Waals surface area contributed by atoms with Crippen LogP contribution in [0.25, 0.3) is 0 Å². The number of benzene rings is 1. The van der Waals surface area contributed by atoms with Gasteiger partial charge in [-0.15, -0.1) is 11.3 Å². The maximum atomic E-state index is 12.0. The Morgan fingerprint density at radius 2 is 2.04 bits per heavy atom. The van der Waals surface area contributed by atoms with Gasteiger partial charge in [0.05, 0.1) is 23.7 Å². The standard InChI is InChI=1S/C14H15ClN2O4S2/c1-9-3-4-11(21-2)10(7-9)17-13(18)8-16-23(19,20)14-6-5-12(15)22-14/h3-7,16H,8H2,1-2H3,(H,17,18). The molecule has 0 saturated carbocycles. The van der Waals surface area contributed by atoms with Gasteiger partial charge in [0.2, 0.25) is 5.91 Å². The number of aryl methyl sites for hydroxylation is 1. The van der Waals surface area contributed by atoms with Crippen molar-refractivity contribution in [2.75, 3.05) is 19.0 Å². The fraction of sp³-hybridized carbons (Fsp3) is 0.214. The van der Waals surface area contributed by atoms with Crippen LogP contribution in [0, 0.1) is 6.92 Å². The number of methoxy groups -OCH3 is 1. The third-order valence-electron chi connectivity index (χ3n) is 2.87. The largest absolute Gasteiger partial charge is 0.495 e. The molecule has 9 heteroatoms. The second-order valence-electron chi connectivity index (χ2n) is 4.64. The Labute approximate surface area is 143 Å². The number of carbonyl (C=O) groups is 1. The van der Waals surface area contributed by atoms with Crippen LogP contribution in [0.5, 0.6) is 5.75 Å². The number of hydrogen-bond donors (Lipinski definition) is 2. The van der Waals surface area contributed by atoms with Gasteiger partial charge in [0, 0.05) is 0 Å². The minimum atomic E-state index is -3.76. The lowest BCUT2D eigenvalue weighted by atomic mass is 10.2. The van der Waals surface area contributed by atoms with Crippen LogP contribution in [0.15, 0.2) is 34.5 Å². The van der Waals surface area contributed by atoms with Crippen LogP contribution in [0.4, 0.5) is 5.69 Å². The van der Waals surface area contributed by atoms with Gasteiger partial charge in [-0.3, -0.25) is 4.79 Å². The molecular formula is C14H15ClN2O4S2. The van der Waals surface area contributed by atoms with E-state index in [2.05, 4.69) is 10.0 Å². The van der Waals surface area contributed by atoms with Crippen LogP contribution in [0.1, 0.15) is 5.56 Å². The number of hydrogen-bond acceptors (Lipinski definition) is 5. The van der Waals surface area contributed by atoms with Crippen LogP contribution >= 0.6 is 22.9 Å². The van der Waals surface area contributed by atoms with E-state index in [0.717, 1.165) is 16.9 Å². The smallest absolute Gasteiger partial charge is 0.250 e. The number of rotatable bonds is 6. The normalized spacial score (nSPS) is 11.3. The van der Waals surface area contributed by atoms with Crippen molar-refractivity contribution in [2.24, 2.45) is 0 Å². The Morgan fingerprint density at radius 3 is 2.65 bits per heavy atom. The Hall–Kier alpha value is -1.61. The minimum Gasteiger partial charge on any atom is -0.495 e. The molecular weight excluding hydrogens is 360 g/mol. The predicted molar refractivity (Wildman–Crippen MR) is 90.9 cm³/mol. The average molecular weight is 375 g/mol. The molecule has 0 atom stereocenters. The van der Waals surface area contributed by atoms with E-state index in [-0.39, 0.29) is 4.21 Å². The van der Waals surface area contributed by atoms with Gasteiger partial charge in [0.1, 0.15) is 9.96 Å². The fourth-order valence-electron chi connectivity index (χ4n) is 1.79. The minimum absolute atomic E-state index is 0.0587. The van der Waals surface area contributed by atoms with Crippen LogP contribution in [0.2, 0.25) is 4.34 Å². The van der Waals surface area contributed by atoms with Crippen molar-refractivity contribution in [3.05, 3.63) is 40.2 Å². The van der Waals surface area contributed by atoms with Crippen molar-refractivity contribution in [3.63, 3.8) is 0 Å². The molecule has 23 heavy (non-hydrogen) atoms. The SMILES string of the molecule is COc1ccc(C)cc1NC(=O)CNS(=O)(=O)c1ccc(Cl)s1. The van der Waals surface area contributed by atoms with Gasteiger partial charge in [0.25, 0.3) is 10.0 Å². The fourth-order valence-corrected chi connectivity index (χ4v) is 4.30. The van der Waals surface area contributed by atoms with Crippen molar-refractivity contribution in [1.82, 2.24) is 4.72 Å². The lowest BCUT2D eigenvalue weighted by Crippen LogP contribution is -2.32. The molecule has 0 radical (unpaired) electrons. The molecule has 0 fully saturated rings. The van der Waals surface area contributed by atoms with E-state index in [9.17, 15) is 13.2 Å². The lowest BCUT2D eigenvalue weighted by Gasteiger charge is -2.11.